The SMILES string of the molecule is CCC(F)(CC)CN(C=O)CC(=O)c1c(Cl)cncc1Cl. The van der Waals surface area contributed by atoms with Crippen LogP contribution in [0.3, 0.4) is 0 Å². The molecule has 7 heteroatoms. The molecule has 0 aliphatic rings. The molecule has 0 aromatic carbocycles. The number of carbonyl (C=O) groups is 2. The molecule has 1 aromatic heterocycles. The van der Waals surface area contributed by atoms with Gasteiger partial charge in [0.25, 0.3) is 0 Å². The number of amides is 1. The fourth-order valence-corrected chi connectivity index (χ4v) is 2.48. The lowest BCUT2D eigenvalue weighted by Crippen LogP contribution is -2.41. The molecule has 0 spiro atoms. The molecule has 0 radical (unpaired) electrons. The van der Waals surface area contributed by atoms with Crippen LogP contribution >= 0.6 is 23.2 Å². The minimum Gasteiger partial charge on any atom is -0.334 e. The van der Waals surface area contributed by atoms with Crippen molar-refractivity contribution < 1.29 is 14.0 Å². The predicted molar refractivity (Wildman–Crippen MR) is 80.6 cm³/mol. The Kier molecular flexibility index (Phi) is 6.55. The summed E-state index contributed by atoms with van der Waals surface area (Å²) in [5.74, 6) is -0.450. The highest BCUT2D eigenvalue weighted by Gasteiger charge is 2.29. The maximum Gasteiger partial charge on any atom is 0.210 e. The summed E-state index contributed by atoms with van der Waals surface area (Å²) in [6.45, 7) is 2.98. The molecule has 0 N–H and O–H groups in total. The van der Waals surface area contributed by atoms with Gasteiger partial charge in [-0.25, -0.2) is 4.39 Å². The highest BCUT2D eigenvalue weighted by molar-refractivity contribution is 6.39. The minimum absolute atomic E-state index is 0.0950. The Balaban J connectivity index is 2.87. The third-order valence-electron chi connectivity index (χ3n) is 3.38. The van der Waals surface area contributed by atoms with Crippen molar-refractivity contribution in [3.05, 3.63) is 28.0 Å². The molecule has 0 unspecified atom stereocenters. The van der Waals surface area contributed by atoms with Crippen LogP contribution in [0.4, 0.5) is 4.39 Å². The Morgan fingerprint density at radius 1 is 1.33 bits per heavy atom. The zero-order valence-electron chi connectivity index (χ0n) is 11.9. The summed E-state index contributed by atoms with van der Waals surface area (Å²) in [5, 5.41) is 0.215. The van der Waals surface area contributed by atoms with Gasteiger partial charge in [0.15, 0.2) is 5.78 Å². The molecule has 0 fully saturated rings. The first-order chi connectivity index (χ1) is 9.86. The monoisotopic (exact) mass is 334 g/mol. The smallest absolute Gasteiger partial charge is 0.210 e. The van der Waals surface area contributed by atoms with E-state index in [0.717, 1.165) is 4.90 Å². The number of ketones is 1. The second kappa shape index (κ2) is 7.71. The number of rotatable bonds is 8. The molecule has 0 aliphatic heterocycles. The molecule has 0 saturated heterocycles. The lowest BCUT2D eigenvalue weighted by molar-refractivity contribution is -0.119. The van der Waals surface area contributed by atoms with Crippen molar-refractivity contribution in [1.29, 1.82) is 0 Å². The van der Waals surface area contributed by atoms with Crippen molar-refractivity contribution in [3.63, 3.8) is 0 Å². The average molecular weight is 335 g/mol. The van der Waals surface area contributed by atoms with Gasteiger partial charge in [0.05, 0.1) is 28.7 Å². The van der Waals surface area contributed by atoms with Gasteiger partial charge in [-0.3, -0.25) is 14.6 Å². The van der Waals surface area contributed by atoms with Crippen LogP contribution in [0.1, 0.15) is 37.0 Å². The molecule has 0 bridgehead atoms. The van der Waals surface area contributed by atoms with Gasteiger partial charge in [-0.1, -0.05) is 37.0 Å². The minimum atomic E-state index is -1.51. The molecular formula is C14H17Cl2FN2O2. The molecule has 4 nitrogen and oxygen atoms in total. The van der Waals surface area contributed by atoms with Crippen molar-refractivity contribution in [3.8, 4) is 0 Å². The fraction of sp³-hybridized carbons (Fsp3) is 0.500. The van der Waals surface area contributed by atoms with Gasteiger partial charge in [-0.2, -0.15) is 0 Å². The molecule has 0 aliphatic carbocycles. The summed E-state index contributed by atoms with van der Waals surface area (Å²) in [6.07, 6.45) is 3.57. The van der Waals surface area contributed by atoms with Crippen molar-refractivity contribution in [2.75, 3.05) is 13.1 Å². The molecule has 1 aromatic rings. The van der Waals surface area contributed by atoms with Gasteiger partial charge in [0, 0.05) is 12.4 Å². The molecule has 1 heterocycles. The van der Waals surface area contributed by atoms with Gasteiger partial charge in [0.2, 0.25) is 6.41 Å². The first-order valence-electron chi connectivity index (χ1n) is 6.57. The Bertz CT molecular complexity index is 501. The molecule has 0 atom stereocenters. The van der Waals surface area contributed by atoms with Gasteiger partial charge >= 0.3 is 0 Å². The van der Waals surface area contributed by atoms with Gasteiger partial charge in [-0.15, -0.1) is 0 Å². The van der Waals surface area contributed by atoms with Gasteiger partial charge in [-0.05, 0) is 12.8 Å². The Morgan fingerprint density at radius 2 is 1.86 bits per heavy atom. The van der Waals surface area contributed by atoms with Crippen LogP contribution in [0.25, 0.3) is 0 Å². The summed E-state index contributed by atoms with van der Waals surface area (Å²) >= 11 is 11.8. The van der Waals surface area contributed by atoms with Crippen LogP contribution in [0.15, 0.2) is 12.4 Å². The lowest BCUT2D eigenvalue weighted by Gasteiger charge is -2.28. The molecule has 0 saturated carbocycles. The number of pyridine rings is 1. The first-order valence-corrected chi connectivity index (χ1v) is 7.33. The van der Waals surface area contributed by atoms with Crippen LogP contribution in [0.5, 0.6) is 0 Å². The summed E-state index contributed by atoms with van der Waals surface area (Å²) < 4.78 is 14.3. The summed E-state index contributed by atoms with van der Waals surface area (Å²) in [5.41, 5.74) is -1.41. The van der Waals surface area contributed by atoms with Gasteiger partial charge in [0.1, 0.15) is 5.67 Å². The van der Waals surface area contributed by atoms with E-state index in [4.69, 9.17) is 23.2 Å². The maximum absolute atomic E-state index is 14.3. The van der Waals surface area contributed by atoms with E-state index in [1.54, 1.807) is 13.8 Å². The molecule has 1 rings (SSSR count). The van der Waals surface area contributed by atoms with Gasteiger partial charge < -0.3 is 4.90 Å². The van der Waals surface area contributed by atoms with Crippen molar-refractivity contribution in [2.24, 2.45) is 0 Å². The number of carbonyl (C=O) groups excluding carboxylic acids is 2. The zero-order chi connectivity index (χ0) is 16.0. The molecule has 1 amide bonds. The number of hydrogen-bond donors (Lipinski definition) is 0. The standard InChI is InChI=1S/C14H17Cl2FN2O2/c1-3-14(17,4-2)8-19(9-20)7-12(21)13-10(15)5-18-6-11(13)16/h5-6,9H,3-4,7-8H2,1-2H3. The third-order valence-corrected chi connectivity index (χ3v) is 3.95. The first kappa shape index (κ1) is 17.9. The zero-order valence-corrected chi connectivity index (χ0v) is 13.4. The van der Waals surface area contributed by atoms with E-state index in [9.17, 15) is 14.0 Å². The highest BCUT2D eigenvalue weighted by Crippen LogP contribution is 2.25. The van der Waals surface area contributed by atoms with Crippen molar-refractivity contribution in [1.82, 2.24) is 9.88 Å². The van der Waals surface area contributed by atoms with E-state index in [-0.39, 0.29) is 41.5 Å². The second-order valence-electron chi connectivity index (χ2n) is 4.77. The Morgan fingerprint density at radius 3 is 2.29 bits per heavy atom. The quantitative estimate of drug-likeness (QED) is 0.539. The third kappa shape index (κ3) is 4.64. The molecule has 21 heavy (non-hydrogen) atoms. The normalized spacial score (nSPS) is 11.3. The van der Waals surface area contributed by atoms with Crippen LogP contribution in [0.2, 0.25) is 10.0 Å². The van der Waals surface area contributed by atoms with E-state index < -0.39 is 11.5 Å². The van der Waals surface area contributed by atoms with E-state index in [0.29, 0.717) is 6.41 Å². The molecular weight excluding hydrogens is 318 g/mol. The second-order valence-corrected chi connectivity index (χ2v) is 5.58. The average Bonchev–Trinajstić information content (AvgIpc) is 2.46. The van der Waals surface area contributed by atoms with Crippen molar-refractivity contribution in [2.45, 2.75) is 32.4 Å². The summed E-state index contributed by atoms with van der Waals surface area (Å²) in [4.78, 5) is 28.1. The Hall–Kier alpha value is -1.20. The maximum atomic E-state index is 14.3. The van der Waals surface area contributed by atoms with Crippen LogP contribution in [-0.2, 0) is 4.79 Å². The van der Waals surface area contributed by atoms with E-state index in [1.165, 1.54) is 12.4 Å². The summed E-state index contributed by atoms with van der Waals surface area (Å²) in [6, 6.07) is 0. The number of nitrogens with zero attached hydrogens (tertiary/aromatic N) is 2. The number of aromatic nitrogens is 1. The lowest BCUT2D eigenvalue weighted by atomic mass is 9.99. The van der Waals surface area contributed by atoms with Crippen molar-refractivity contribution >= 4 is 35.4 Å². The highest BCUT2D eigenvalue weighted by atomic mass is 35.5. The van der Waals surface area contributed by atoms with E-state index in [2.05, 4.69) is 4.98 Å². The number of Topliss-reactive ketones (excluding diaryl/α,β-unsaturated/α-hetero) is 1. The topological polar surface area (TPSA) is 50.3 Å². The van der Waals surface area contributed by atoms with Crippen LogP contribution < -0.4 is 0 Å². The predicted octanol–water partition coefficient (Wildman–Crippen LogP) is 3.56. The van der Waals surface area contributed by atoms with Crippen LogP contribution in [-0.4, -0.2) is 40.8 Å². The van der Waals surface area contributed by atoms with E-state index in [1.807, 2.05) is 0 Å². The number of halogens is 3. The Labute approximate surface area is 133 Å². The van der Waals surface area contributed by atoms with E-state index >= 15 is 0 Å². The summed E-state index contributed by atoms with van der Waals surface area (Å²) in [7, 11) is 0. The fourth-order valence-electron chi connectivity index (χ4n) is 1.91. The largest absolute Gasteiger partial charge is 0.334 e. The number of alkyl halides is 1. The number of hydrogen-bond acceptors (Lipinski definition) is 3. The molecule has 116 valence electrons. The van der Waals surface area contributed by atoms with Crippen LogP contribution in [0, 0.1) is 0 Å².